The molecule has 0 unspecified atom stereocenters. The zero-order valence-corrected chi connectivity index (χ0v) is 16.5. The maximum Gasteiger partial charge on any atom is 0.308 e. The molecule has 140 valence electrons. The smallest absolute Gasteiger partial charge is 0.308 e. The summed E-state index contributed by atoms with van der Waals surface area (Å²) in [4.78, 5) is 19.8. The molecule has 0 radical (unpaired) electrons. The van der Waals surface area contributed by atoms with E-state index in [1.54, 1.807) is 6.20 Å². The van der Waals surface area contributed by atoms with Crippen molar-refractivity contribution in [1.82, 2.24) is 9.97 Å². The molecule has 1 heterocycles. The molecule has 0 atom stereocenters. The summed E-state index contributed by atoms with van der Waals surface area (Å²) in [6.45, 7) is 13.6. The lowest BCUT2D eigenvalue weighted by Gasteiger charge is -2.31. The van der Waals surface area contributed by atoms with E-state index in [1.165, 1.54) is 19.3 Å². The fourth-order valence-electron chi connectivity index (χ4n) is 2.64. The monoisotopic (exact) mass is 357 g/mol. The van der Waals surface area contributed by atoms with Gasteiger partial charge in [0.15, 0.2) is 5.82 Å². The molecule has 2 aromatic rings. The Morgan fingerprint density at radius 1 is 1.04 bits per heavy atom. The fourth-order valence-corrected chi connectivity index (χ4v) is 2.64. The second-order valence-electron chi connectivity index (χ2n) is 8.34. The lowest BCUT2D eigenvalue weighted by Crippen LogP contribution is -2.23. The molecule has 0 aliphatic carbocycles. The first kappa shape index (κ1) is 19.8. The second kappa shape index (κ2) is 7.03. The molecule has 0 bridgehead atoms. The van der Waals surface area contributed by atoms with Gasteiger partial charge in [-0.25, -0.2) is 10.0 Å². The molecule has 1 N–H and O–H groups in total. The number of benzene rings is 1. The zero-order chi connectivity index (χ0) is 19.7. The Kier molecular flexibility index (Phi) is 5.37. The normalized spacial score (nSPS) is 12.0. The zero-order valence-electron chi connectivity index (χ0n) is 16.5. The average Bonchev–Trinajstić information content (AvgIpc) is 2.52. The van der Waals surface area contributed by atoms with Crippen molar-refractivity contribution in [3.05, 3.63) is 41.9 Å². The molecule has 1 aromatic heterocycles. The first-order valence-corrected chi connectivity index (χ1v) is 8.53. The molecule has 0 fully saturated rings. The van der Waals surface area contributed by atoms with Crippen LogP contribution in [0.1, 0.15) is 59.6 Å². The first-order valence-electron chi connectivity index (χ1n) is 8.53. The van der Waals surface area contributed by atoms with Gasteiger partial charge >= 0.3 is 5.97 Å². The third-order valence-corrected chi connectivity index (χ3v) is 3.95. The minimum Gasteiger partial charge on any atom is -0.426 e. The van der Waals surface area contributed by atoms with Crippen LogP contribution in [0.2, 0.25) is 0 Å². The predicted molar refractivity (Wildman–Crippen MR) is 101 cm³/mol. The molecule has 26 heavy (non-hydrogen) atoms. The lowest BCUT2D eigenvalue weighted by atomic mass is 9.79. The summed E-state index contributed by atoms with van der Waals surface area (Å²) in [5.41, 5.74) is 1.60. The molecule has 6 heteroatoms. The van der Waals surface area contributed by atoms with E-state index in [4.69, 9.17) is 4.74 Å². The van der Waals surface area contributed by atoms with Gasteiger partial charge in [0.05, 0.1) is 11.9 Å². The standard InChI is InChI=1S/C20H27N3O3/c1-13(24)26-18-15(19(2,3)4)10-14(11-16(18)20(5,6)7)23(25)17-12-21-8-9-22-17/h8-12,25H,1-7H3. The van der Waals surface area contributed by atoms with Crippen LogP contribution >= 0.6 is 0 Å². The predicted octanol–water partition coefficient (Wildman–Crippen LogP) is 4.52. The Bertz CT molecular complexity index is 755. The highest BCUT2D eigenvalue weighted by Gasteiger charge is 2.30. The number of aromatic nitrogens is 2. The Morgan fingerprint density at radius 2 is 1.58 bits per heavy atom. The van der Waals surface area contributed by atoms with Crippen molar-refractivity contribution in [2.45, 2.75) is 59.3 Å². The molecule has 0 spiro atoms. The van der Waals surface area contributed by atoms with Crippen LogP contribution in [0.15, 0.2) is 30.7 Å². The van der Waals surface area contributed by atoms with Crippen LogP contribution in [-0.2, 0) is 15.6 Å². The first-order chi connectivity index (χ1) is 11.9. The number of hydrogen-bond donors (Lipinski definition) is 1. The van der Waals surface area contributed by atoms with Crippen LogP contribution in [0, 0.1) is 0 Å². The Hall–Kier alpha value is -2.47. The van der Waals surface area contributed by atoms with Crippen LogP contribution < -0.4 is 9.80 Å². The highest BCUT2D eigenvalue weighted by Crippen LogP contribution is 2.43. The third kappa shape index (κ3) is 4.38. The Morgan fingerprint density at radius 3 is 1.96 bits per heavy atom. The molecule has 6 nitrogen and oxygen atoms in total. The molecule has 1 aromatic carbocycles. The van der Waals surface area contributed by atoms with E-state index in [0.717, 1.165) is 16.2 Å². The van der Waals surface area contributed by atoms with E-state index in [0.29, 0.717) is 17.3 Å². The number of carbonyl (C=O) groups is 1. The quantitative estimate of drug-likeness (QED) is 0.494. The molecule has 0 aliphatic rings. The van der Waals surface area contributed by atoms with Crippen molar-refractivity contribution < 1.29 is 14.7 Å². The maximum absolute atomic E-state index is 11.7. The summed E-state index contributed by atoms with van der Waals surface area (Å²) < 4.78 is 5.60. The average molecular weight is 357 g/mol. The van der Waals surface area contributed by atoms with Crippen LogP contribution in [0.3, 0.4) is 0 Å². The van der Waals surface area contributed by atoms with Crippen LogP contribution in [0.25, 0.3) is 0 Å². The number of esters is 1. The highest BCUT2D eigenvalue weighted by atomic mass is 16.5. The van der Waals surface area contributed by atoms with Gasteiger partial charge in [-0.1, -0.05) is 41.5 Å². The van der Waals surface area contributed by atoms with E-state index in [2.05, 4.69) is 9.97 Å². The van der Waals surface area contributed by atoms with Crippen molar-refractivity contribution >= 4 is 17.5 Å². The van der Waals surface area contributed by atoms with Crippen molar-refractivity contribution in [2.75, 3.05) is 5.06 Å². The number of carbonyl (C=O) groups excluding carboxylic acids is 1. The molecular formula is C20H27N3O3. The molecule has 0 saturated heterocycles. The second-order valence-corrected chi connectivity index (χ2v) is 8.34. The van der Waals surface area contributed by atoms with E-state index < -0.39 is 0 Å². The fraction of sp³-hybridized carbons (Fsp3) is 0.450. The van der Waals surface area contributed by atoms with Crippen molar-refractivity contribution in [3.8, 4) is 5.75 Å². The van der Waals surface area contributed by atoms with Gasteiger partial charge in [-0.3, -0.25) is 15.0 Å². The van der Waals surface area contributed by atoms with Gasteiger partial charge in [-0.15, -0.1) is 0 Å². The van der Waals surface area contributed by atoms with Crippen LogP contribution in [-0.4, -0.2) is 21.1 Å². The number of nitrogens with zero attached hydrogens (tertiary/aromatic N) is 3. The van der Waals surface area contributed by atoms with E-state index in [9.17, 15) is 10.0 Å². The summed E-state index contributed by atoms with van der Waals surface area (Å²) in [5, 5.41) is 11.7. The van der Waals surface area contributed by atoms with Gasteiger partial charge in [0.2, 0.25) is 0 Å². The summed E-state index contributed by atoms with van der Waals surface area (Å²) in [7, 11) is 0. The summed E-state index contributed by atoms with van der Waals surface area (Å²) in [5.74, 6) is 0.491. The number of ether oxygens (including phenoxy) is 1. The maximum atomic E-state index is 11.7. The van der Waals surface area contributed by atoms with Gasteiger partial charge in [-0.2, -0.15) is 0 Å². The summed E-state index contributed by atoms with van der Waals surface area (Å²) in [6.07, 6.45) is 4.54. The number of rotatable bonds is 3. The van der Waals surface area contributed by atoms with E-state index in [1.807, 2.05) is 53.7 Å². The van der Waals surface area contributed by atoms with E-state index in [-0.39, 0.29) is 16.8 Å². The topological polar surface area (TPSA) is 75.5 Å². The van der Waals surface area contributed by atoms with Crippen LogP contribution in [0.5, 0.6) is 5.75 Å². The molecule has 0 amide bonds. The number of anilines is 2. The SMILES string of the molecule is CC(=O)Oc1c(C(C)(C)C)cc(N(O)c2cnccn2)cc1C(C)(C)C. The van der Waals surface area contributed by atoms with E-state index >= 15 is 0 Å². The molecular weight excluding hydrogens is 330 g/mol. The summed E-state index contributed by atoms with van der Waals surface area (Å²) in [6, 6.07) is 3.64. The summed E-state index contributed by atoms with van der Waals surface area (Å²) >= 11 is 0. The molecule has 0 aliphatic heterocycles. The largest absolute Gasteiger partial charge is 0.426 e. The van der Waals surface area contributed by atoms with Crippen molar-refractivity contribution in [2.24, 2.45) is 0 Å². The number of hydrogen-bond acceptors (Lipinski definition) is 6. The third-order valence-electron chi connectivity index (χ3n) is 3.95. The highest BCUT2D eigenvalue weighted by molar-refractivity contribution is 5.73. The molecule has 2 rings (SSSR count). The van der Waals surface area contributed by atoms with Crippen LogP contribution in [0.4, 0.5) is 11.5 Å². The Balaban J connectivity index is 2.74. The van der Waals surface area contributed by atoms with Crippen molar-refractivity contribution in [1.29, 1.82) is 0 Å². The van der Waals surface area contributed by atoms with Gasteiger partial charge in [0.25, 0.3) is 0 Å². The minimum absolute atomic E-state index is 0.302. The Labute approximate surface area is 154 Å². The molecule has 0 saturated carbocycles. The van der Waals surface area contributed by atoms with Gasteiger partial charge in [0.1, 0.15) is 5.75 Å². The van der Waals surface area contributed by atoms with Crippen molar-refractivity contribution in [3.63, 3.8) is 0 Å². The lowest BCUT2D eigenvalue weighted by molar-refractivity contribution is -0.132. The van der Waals surface area contributed by atoms with Gasteiger partial charge < -0.3 is 4.74 Å². The minimum atomic E-state index is -0.372. The van der Waals surface area contributed by atoms with Gasteiger partial charge in [0, 0.05) is 30.4 Å². The van der Waals surface area contributed by atoms with Gasteiger partial charge in [-0.05, 0) is 23.0 Å².